The van der Waals surface area contributed by atoms with Gasteiger partial charge in [0, 0.05) is 0 Å². The van der Waals surface area contributed by atoms with Crippen LogP contribution in [0.25, 0.3) is 10.2 Å². The second-order valence-corrected chi connectivity index (χ2v) is 8.87. The molecule has 0 aliphatic carbocycles. The summed E-state index contributed by atoms with van der Waals surface area (Å²) in [6, 6.07) is 15.9. The lowest BCUT2D eigenvalue weighted by atomic mass is 10.0. The number of fused-ring (bicyclic) bond motifs is 1. The molecule has 5 nitrogen and oxygen atoms in total. The van der Waals surface area contributed by atoms with Gasteiger partial charge in [-0.2, -0.15) is 0 Å². The fraction of sp³-hybridized carbons (Fsp3) is 0.280. The summed E-state index contributed by atoms with van der Waals surface area (Å²) in [5, 5.41) is 0.641. The first-order valence-electron chi connectivity index (χ1n) is 10.3. The van der Waals surface area contributed by atoms with Crippen molar-refractivity contribution in [3.05, 3.63) is 77.2 Å². The summed E-state index contributed by atoms with van der Waals surface area (Å²) in [7, 11) is 1.63. The Morgan fingerprint density at radius 3 is 2.58 bits per heavy atom. The minimum atomic E-state index is -0.0237. The zero-order valence-electron chi connectivity index (χ0n) is 18.2. The maximum absolute atomic E-state index is 13.4. The van der Waals surface area contributed by atoms with Crippen LogP contribution in [0.3, 0.4) is 0 Å². The predicted octanol–water partition coefficient (Wildman–Crippen LogP) is 6.11. The topological polar surface area (TPSA) is 55.6 Å². The first kappa shape index (κ1) is 21.1. The Bertz CT molecular complexity index is 1180. The van der Waals surface area contributed by atoms with Crippen LogP contribution >= 0.6 is 11.3 Å². The third-order valence-electron chi connectivity index (χ3n) is 5.34. The molecule has 160 valence electrons. The van der Waals surface area contributed by atoms with Crippen molar-refractivity contribution in [2.24, 2.45) is 0 Å². The van der Waals surface area contributed by atoms with Crippen molar-refractivity contribution in [1.82, 2.24) is 4.98 Å². The van der Waals surface area contributed by atoms with Gasteiger partial charge in [-0.1, -0.05) is 55.5 Å². The Kier molecular flexibility index (Phi) is 6.09. The van der Waals surface area contributed by atoms with Crippen LogP contribution in [0, 0.1) is 6.92 Å². The molecule has 0 radical (unpaired) electrons. The van der Waals surface area contributed by atoms with Gasteiger partial charge in [0.15, 0.2) is 5.13 Å². The van der Waals surface area contributed by atoms with Crippen molar-refractivity contribution in [1.29, 1.82) is 0 Å². The Labute approximate surface area is 186 Å². The smallest absolute Gasteiger partial charge is 0.233 e. The summed E-state index contributed by atoms with van der Waals surface area (Å²) in [6.45, 7) is 6.69. The number of carbonyl (C=O) groups excluding carboxylic acids is 1. The summed E-state index contributed by atoms with van der Waals surface area (Å²) < 4.78 is 12.0. The summed E-state index contributed by atoms with van der Waals surface area (Å²) in [6.07, 6.45) is 1.92. The standard InChI is InChI=1S/C25H26N2O3S/c1-16(2)19-10-8-18(9-11-19)14-22(28)27(15-20-6-5-13-30-20)25-26-23-21(29-4)12-7-17(3)24(23)31-25/h5-13,16H,14-15H2,1-4H3. The first-order valence-corrected chi connectivity index (χ1v) is 11.1. The summed E-state index contributed by atoms with van der Waals surface area (Å²) in [5.74, 6) is 1.86. The molecular formula is C25H26N2O3S. The molecular weight excluding hydrogens is 408 g/mol. The number of hydrogen-bond acceptors (Lipinski definition) is 5. The predicted molar refractivity (Wildman–Crippen MR) is 125 cm³/mol. The molecule has 2 heterocycles. The average molecular weight is 435 g/mol. The van der Waals surface area contributed by atoms with Crippen LogP contribution in [0.1, 0.15) is 42.2 Å². The van der Waals surface area contributed by atoms with Gasteiger partial charge in [0.25, 0.3) is 0 Å². The highest BCUT2D eigenvalue weighted by Gasteiger charge is 2.23. The van der Waals surface area contributed by atoms with E-state index < -0.39 is 0 Å². The van der Waals surface area contributed by atoms with Crippen molar-refractivity contribution in [2.75, 3.05) is 12.0 Å². The molecule has 4 rings (SSSR count). The second-order valence-electron chi connectivity index (χ2n) is 7.89. The molecule has 0 N–H and O–H groups in total. The van der Waals surface area contributed by atoms with Crippen LogP contribution in [0.4, 0.5) is 5.13 Å². The lowest BCUT2D eigenvalue weighted by Crippen LogP contribution is -2.31. The van der Waals surface area contributed by atoms with Crippen molar-refractivity contribution in [2.45, 2.75) is 39.7 Å². The van der Waals surface area contributed by atoms with E-state index in [1.807, 2.05) is 43.3 Å². The molecule has 31 heavy (non-hydrogen) atoms. The van der Waals surface area contributed by atoms with Gasteiger partial charge in [-0.25, -0.2) is 4.98 Å². The van der Waals surface area contributed by atoms with Crippen LogP contribution in [0.15, 0.2) is 59.2 Å². The van der Waals surface area contributed by atoms with Gasteiger partial charge in [0.1, 0.15) is 17.0 Å². The maximum atomic E-state index is 13.4. The van der Waals surface area contributed by atoms with Gasteiger partial charge in [-0.05, 0) is 47.7 Å². The van der Waals surface area contributed by atoms with E-state index in [4.69, 9.17) is 14.1 Å². The third-order valence-corrected chi connectivity index (χ3v) is 6.55. The van der Waals surface area contributed by atoms with E-state index >= 15 is 0 Å². The van der Waals surface area contributed by atoms with Gasteiger partial charge in [0.05, 0.1) is 31.0 Å². The van der Waals surface area contributed by atoms with Gasteiger partial charge in [0.2, 0.25) is 5.91 Å². The van der Waals surface area contributed by atoms with Crippen LogP contribution in [0.5, 0.6) is 5.75 Å². The minimum absolute atomic E-state index is 0.0237. The number of rotatable bonds is 7. The van der Waals surface area contributed by atoms with E-state index in [0.717, 1.165) is 21.3 Å². The molecule has 2 aromatic carbocycles. The van der Waals surface area contributed by atoms with Crippen LogP contribution in [-0.2, 0) is 17.8 Å². The molecule has 0 saturated heterocycles. The normalized spacial score (nSPS) is 11.3. The van der Waals surface area contributed by atoms with E-state index in [-0.39, 0.29) is 5.91 Å². The summed E-state index contributed by atoms with van der Waals surface area (Å²) in [4.78, 5) is 19.9. The maximum Gasteiger partial charge on any atom is 0.233 e. The number of ether oxygens (including phenoxy) is 1. The first-order chi connectivity index (χ1) is 15.0. The number of methoxy groups -OCH3 is 1. The molecule has 0 atom stereocenters. The molecule has 0 bridgehead atoms. The molecule has 0 aliphatic rings. The SMILES string of the molecule is COc1ccc(C)c2sc(N(Cc3ccco3)C(=O)Cc3ccc(C(C)C)cc3)nc12. The van der Waals surface area contributed by atoms with E-state index in [1.165, 1.54) is 16.9 Å². The van der Waals surface area contributed by atoms with E-state index in [9.17, 15) is 4.79 Å². The van der Waals surface area contributed by atoms with E-state index in [2.05, 4.69) is 26.0 Å². The number of amides is 1. The molecule has 0 unspecified atom stereocenters. The summed E-state index contributed by atoms with van der Waals surface area (Å²) >= 11 is 1.50. The minimum Gasteiger partial charge on any atom is -0.494 e. The fourth-order valence-electron chi connectivity index (χ4n) is 3.49. The number of anilines is 1. The molecule has 1 amide bonds. The molecule has 0 saturated carbocycles. The van der Waals surface area contributed by atoms with E-state index in [0.29, 0.717) is 35.5 Å². The van der Waals surface area contributed by atoms with Gasteiger partial charge < -0.3 is 9.15 Å². The highest BCUT2D eigenvalue weighted by Crippen LogP contribution is 2.37. The molecule has 0 fully saturated rings. The van der Waals surface area contributed by atoms with Crippen molar-refractivity contribution < 1.29 is 13.9 Å². The number of thiazole rings is 1. The molecule has 0 aliphatic heterocycles. The number of aromatic nitrogens is 1. The van der Waals surface area contributed by atoms with Gasteiger partial charge in [-0.3, -0.25) is 9.69 Å². The molecule has 0 spiro atoms. The number of aryl methyl sites for hydroxylation is 1. The zero-order valence-corrected chi connectivity index (χ0v) is 19.0. The molecule has 4 aromatic rings. The second kappa shape index (κ2) is 8.94. The largest absolute Gasteiger partial charge is 0.494 e. The highest BCUT2D eigenvalue weighted by atomic mass is 32.1. The monoisotopic (exact) mass is 434 g/mol. The number of furan rings is 1. The van der Waals surface area contributed by atoms with Gasteiger partial charge in [-0.15, -0.1) is 0 Å². The highest BCUT2D eigenvalue weighted by molar-refractivity contribution is 7.22. The lowest BCUT2D eigenvalue weighted by molar-refractivity contribution is -0.118. The third kappa shape index (κ3) is 4.49. The van der Waals surface area contributed by atoms with E-state index in [1.54, 1.807) is 18.3 Å². The summed E-state index contributed by atoms with van der Waals surface area (Å²) in [5.41, 5.74) is 4.13. The van der Waals surface area contributed by atoms with Crippen molar-refractivity contribution in [3.63, 3.8) is 0 Å². The molecule has 2 aromatic heterocycles. The van der Waals surface area contributed by atoms with Crippen LogP contribution in [0.2, 0.25) is 0 Å². The van der Waals surface area contributed by atoms with Crippen molar-refractivity contribution in [3.8, 4) is 5.75 Å². The number of nitrogens with zero attached hydrogens (tertiary/aromatic N) is 2. The Balaban J connectivity index is 1.68. The lowest BCUT2D eigenvalue weighted by Gasteiger charge is -2.19. The van der Waals surface area contributed by atoms with Crippen molar-refractivity contribution >= 4 is 32.6 Å². The average Bonchev–Trinajstić information content (AvgIpc) is 3.43. The quantitative estimate of drug-likeness (QED) is 0.352. The van der Waals surface area contributed by atoms with Crippen LogP contribution < -0.4 is 9.64 Å². The Morgan fingerprint density at radius 1 is 1.16 bits per heavy atom. The van der Waals surface area contributed by atoms with Gasteiger partial charge >= 0.3 is 0 Å². The Hall–Kier alpha value is -3.12. The number of hydrogen-bond donors (Lipinski definition) is 0. The fourth-order valence-corrected chi connectivity index (χ4v) is 4.56. The number of benzene rings is 2. The number of carbonyl (C=O) groups is 1. The molecule has 6 heteroatoms. The van der Waals surface area contributed by atoms with Crippen LogP contribution in [-0.4, -0.2) is 18.0 Å². The zero-order chi connectivity index (χ0) is 22.0. The Morgan fingerprint density at radius 2 is 1.94 bits per heavy atom.